The normalized spacial score (nSPS) is 16.7. The summed E-state index contributed by atoms with van der Waals surface area (Å²) < 4.78 is 10.8. The maximum Gasteiger partial charge on any atom is 0.231 e. The van der Waals surface area contributed by atoms with Gasteiger partial charge in [0.25, 0.3) is 0 Å². The summed E-state index contributed by atoms with van der Waals surface area (Å²) in [6, 6.07) is 14.0. The molecule has 0 aromatic heterocycles. The Morgan fingerprint density at radius 1 is 1.04 bits per heavy atom. The fraction of sp³-hybridized carbons (Fsp3) is 0.316. The topological polar surface area (TPSA) is 48.7 Å². The van der Waals surface area contributed by atoms with Crippen LogP contribution in [-0.4, -0.2) is 37.9 Å². The molecule has 0 aliphatic carbocycles. The lowest BCUT2D eigenvalue weighted by molar-refractivity contribution is 0.174. The Kier molecular flexibility index (Phi) is 4.39. The Bertz CT molecular complexity index is 826. The number of benzene rings is 2. The third kappa shape index (κ3) is 3.23. The SMILES string of the molecule is N#Cc1c(Cl)cccc1N1CCN(Cc2ccc3c(c2)OCO3)CC1. The van der Waals surface area contributed by atoms with Crippen LogP contribution in [0, 0.1) is 11.3 Å². The lowest BCUT2D eigenvalue weighted by Crippen LogP contribution is -2.46. The second kappa shape index (κ2) is 6.83. The number of piperazine rings is 1. The van der Waals surface area contributed by atoms with Crippen molar-refractivity contribution in [3.8, 4) is 17.6 Å². The van der Waals surface area contributed by atoms with Crippen LogP contribution in [0.1, 0.15) is 11.1 Å². The van der Waals surface area contributed by atoms with Gasteiger partial charge in [0.15, 0.2) is 11.5 Å². The molecule has 0 atom stereocenters. The zero-order valence-corrected chi connectivity index (χ0v) is 14.5. The molecule has 0 saturated carbocycles. The number of hydrogen-bond donors (Lipinski definition) is 0. The Morgan fingerprint density at radius 3 is 2.64 bits per heavy atom. The van der Waals surface area contributed by atoms with E-state index in [0.29, 0.717) is 17.4 Å². The molecule has 0 amide bonds. The smallest absolute Gasteiger partial charge is 0.231 e. The molecule has 2 aromatic carbocycles. The molecule has 128 valence electrons. The van der Waals surface area contributed by atoms with E-state index in [1.807, 2.05) is 18.2 Å². The van der Waals surface area contributed by atoms with E-state index in [2.05, 4.69) is 28.0 Å². The number of ether oxygens (including phenoxy) is 2. The highest BCUT2D eigenvalue weighted by atomic mass is 35.5. The van der Waals surface area contributed by atoms with E-state index < -0.39 is 0 Å². The minimum absolute atomic E-state index is 0.304. The number of nitrogens with zero attached hydrogens (tertiary/aromatic N) is 3. The first-order valence-corrected chi connectivity index (χ1v) is 8.67. The van der Waals surface area contributed by atoms with Gasteiger partial charge in [-0.2, -0.15) is 5.26 Å². The van der Waals surface area contributed by atoms with Crippen molar-refractivity contribution in [3.63, 3.8) is 0 Å². The molecule has 6 heteroatoms. The van der Waals surface area contributed by atoms with Crippen molar-refractivity contribution < 1.29 is 9.47 Å². The molecule has 5 nitrogen and oxygen atoms in total. The van der Waals surface area contributed by atoms with E-state index in [1.54, 1.807) is 6.07 Å². The Hall–Kier alpha value is -2.42. The molecule has 0 N–H and O–H groups in total. The summed E-state index contributed by atoms with van der Waals surface area (Å²) in [6.45, 7) is 4.81. The molecule has 2 aliphatic rings. The van der Waals surface area contributed by atoms with E-state index in [-0.39, 0.29) is 0 Å². The number of nitriles is 1. The van der Waals surface area contributed by atoms with Crippen molar-refractivity contribution in [2.45, 2.75) is 6.54 Å². The summed E-state index contributed by atoms with van der Waals surface area (Å²) in [5, 5.41) is 9.88. The van der Waals surface area contributed by atoms with Crippen LogP contribution < -0.4 is 14.4 Å². The van der Waals surface area contributed by atoms with Gasteiger partial charge in [0, 0.05) is 32.7 Å². The van der Waals surface area contributed by atoms with E-state index in [9.17, 15) is 5.26 Å². The highest BCUT2D eigenvalue weighted by Crippen LogP contribution is 2.33. The highest BCUT2D eigenvalue weighted by molar-refractivity contribution is 6.32. The third-order valence-corrected chi connectivity index (χ3v) is 4.97. The van der Waals surface area contributed by atoms with Gasteiger partial charge < -0.3 is 14.4 Å². The fourth-order valence-electron chi connectivity index (χ4n) is 3.33. The number of anilines is 1. The van der Waals surface area contributed by atoms with E-state index in [1.165, 1.54) is 5.56 Å². The molecule has 0 spiro atoms. The molecule has 1 fully saturated rings. The molecular formula is C19H18ClN3O2. The molecule has 0 unspecified atom stereocenters. The first-order chi connectivity index (χ1) is 12.2. The molecular weight excluding hydrogens is 338 g/mol. The van der Waals surface area contributed by atoms with Crippen LogP contribution in [0.3, 0.4) is 0 Å². The maximum atomic E-state index is 9.36. The predicted molar refractivity (Wildman–Crippen MR) is 96.2 cm³/mol. The van der Waals surface area contributed by atoms with Gasteiger partial charge in [0.05, 0.1) is 16.3 Å². The lowest BCUT2D eigenvalue weighted by Gasteiger charge is -2.36. The van der Waals surface area contributed by atoms with Crippen molar-refractivity contribution in [2.75, 3.05) is 37.9 Å². The molecule has 0 radical (unpaired) electrons. The minimum atomic E-state index is 0.304. The summed E-state index contributed by atoms with van der Waals surface area (Å²) in [5.41, 5.74) is 2.71. The van der Waals surface area contributed by atoms with Crippen LogP contribution in [0.25, 0.3) is 0 Å². The summed E-state index contributed by atoms with van der Waals surface area (Å²) in [5.74, 6) is 1.65. The Balaban J connectivity index is 1.41. The molecule has 2 aliphatic heterocycles. The van der Waals surface area contributed by atoms with Crippen LogP contribution >= 0.6 is 11.6 Å². The summed E-state index contributed by atoms with van der Waals surface area (Å²) in [6.07, 6.45) is 0. The average Bonchev–Trinajstić information content (AvgIpc) is 3.10. The van der Waals surface area contributed by atoms with E-state index in [4.69, 9.17) is 21.1 Å². The number of halogens is 1. The monoisotopic (exact) mass is 355 g/mol. The highest BCUT2D eigenvalue weighted by Gasteiger charge is 2.21. The van der Waals surface area contributed by atoms with Gasteiger partial charge in [-0.25, -0.2) is 0 Å². The predicted octanol–water partition coefficient (Wildman–Crippen LogP) is 3.26. The fourth-order valence-corrected chi connectivity index (χ4v) is 3.54. The van der Waals surface area contributed by atoms with Crippen LogP contribution in [0.15, 0.2) is 36.4 Å². The molecule has 0 bridgehead atoms. The molecule has 2 aromatic rings. The third-order valence-electron chi connectivity index (χ3n) is 4.66. The van der Waals surface area contributed by atoms with Gasteiger partial charge >= 0.3 is 0 Å². The van der Waals surface area contributed by atoms with E-state index in [0.717, 1.165) is 49.9 Å². The first-order valence-electron chi connectivity index (χ1n) is 8.29. The second-order valence-electron chi connectivity index (χ2n) is 6.20. The van der Waals surface area contributed by atoms with Crippen molar-refractivity contribution in [2.24, 2.45) is 0 Å². The molecule has 4 rings (SSSR count). The number of rotatable bonds is 3. The summed E-state index contributed by atoms with van der Waals surface area (Å²) in [4.78, 5) is 4.64. The first kappa shape index (κ1) is 16.1. The largest absolute Gasteiger partial charge is 0.454 e. The summed E-state index contributed by atoms with van der Waals surface area (Å²) >= 11 is 6.15. The van der Waals surface area contributed by atoms with Crippen molar-refractivity contribution in [1.82, 2.24) is 4.90 Å². The Labute approximate surface area is 151 Å². The zero-order valence-electron chi connectivity index (χ0n) is 13.7. The lowest BCUT2D eigenvalue weighted by atomic mass is 10.1. The molecule has 1 saturated heterocycles. The zero-order chi connectivity index (χ0) is 17.2. The van der Waals surface area contributed by atoms with E-state index >= 15 is 0 Å². The average molecular weight is 356 g/mol. The van der Waals surface area contributed by atoms with Crippen LogP contribution in [-0.2, 0) is 6.54 Å². The van der Waals surface area contributed by atoms with Gasteiger partial charge in [-0.1, -0.05) is 23.7 Å². The molecule has 2 heterocycles. The van der Waals surface area contributed by atoms with Gasteiger partial charge in [0.1, 0.15) is 6.07 Å². The van der Waals surface area contributed by atoms with Gasteiger partial charge in [-0.3, -0.25) is 4.90 Å². The van der Waals surface area contributed by atoms with Crippen LogP contribution in [0.5, 0.6) is 11.5 Å². The van der Waals surface area contributed by atoms with Gasteiger partial charge in [-0.15, -0.1) is 0 Å². The van der Waals surface area contributed by atoms with Crippen molar-refractivity contribution in [1.29, 1.82) is 5.26 Å². The van der Waals surface area contributed by atoms with Crippen LogP contribution in [0.4, 0.5) is 5.69 Å². The van der Waals surface area contributed by atoms with Crippen LogP contribution in [0.2, 0.25) is 5.02 Å². The van der Waals surface area contributed by atoms with Gasteiger partial charge in [0.2, 0.25) is 6.79 Å². The summed E-state index contributed by atoms with van der Waals surface area (Å²) in [7, 11) is 0. The standard InChI is InChI=1S/C19H18ClN3O2/c20-16-2-1-3-17(15(16)11-21)23-8-6-22(7-9-23)12-14-4-5-18-19(10-14)25-13-24-18/h1-5,10H,6-9,12-13H2. The number of hydrogen-bond acceptors (Lipinski definition) is 5. The second-order valence-corrected chi connectivity index (χ2v) is 6.60. The maximum absolute atomic E-state index is 9.36. The molecule has 25 heavy (non-hydrogen) atoms. The van der Waals surface area contributed by atoms with Crippen molar-refractivity contribution in [3.05, 3.63) is 52.5 Å². The van der Waals surface area contributed by atoms with Crippen molar-refractivity contribution >= 4 is 17.3 Å². The Morgan fingerprint density at radius 2 is 1.84 bits per heavy atom. The number of fused-ring (bicyclic) bond motifs is 1. The van der Waals surface area contributed by atoms with Gasteiger partial charge in [-0.05, 0) is 29.8 Å². The quantitative estimate of drug-likeness (QED) is 0.845. The minimum Gasteiger partial charge on any atom is -0.454 e.